The minimum atomic E-state index is 0.871. The van der Waals surface area contributed by atoms with Crippen molar-refractivity contribution in [1.29, 1.82) is 0 Å². The maximum Gasteiger partial charge on any atom is 0.143 e. The number of rotatable bonds is 5. The van der Waals surface area contributed by atoms with E-state index in [-0.39, 0.29) is 0 Å². The van der Waals surface area contributed by atoms with Crippen molar-refractivity contribution in [1.82, 2.24) is 0 Å². The molecule has 0 atom stereocenters. The molecule has 56 heavy (non-hydrogen) atoms. The Morgan fingerprint density at radius 2 is 1.02 bits per heavy atom. The summed E-state index contributed by atoms with van der Waals surface area (Å²) < 4.78 is 15.4. The summed E-state index contributed by atoms with van der Waals surface area (Å²) in [4.78, 5) is 2.35. The molecular weight excluding hydrogens is 703 g/mol. The molecule has 0 radical (unpaired) electrons. The largest absolute Gasteiger partial charge is 0.456 e. The quantitative estimate of drug-likeness (QED) is 0.176. The molecule has 0 N–H and O–H groups in total. The number of nitrogens with zero attached hydrogens (tertiary/aromatic N) is 1. The third-order valence-electron chi connectivity index (χ3n) is 11.3. The first-order valence-corrected chi connectivity index (χ1v) is 19.7. The molecule has 262 valence electrons. The summed E-state index contributed by atoms with van der Waals surface area (Å²) in [5.74, 6) is 0. The molecule has 0 aliphatic heterocycles. The smallest absolute Gasteiger partial charge is 0.143 e. The number of furan rings is 2. The van der Waals surface area contributed by atoms with Crippen molar-refractivity contribution in [2.45, 2.75) is 0 Å². The zero-order valence-corrected chi connectivity index (χ0v) is 30.9. The van der Waals surface area contributed by atoms with Crippen LogP contribution in [-0.2, 0) is 0 Å². The van der Waals surface area contributed by atoms with Crippen molar-refractivity contribution in [3.8, 4) is 22.3 Å². The van der Waals surface area contributed by atoms with Gasteiger partial charge in [-0.15, -0.1) is 11.3 Å². The Bertz CT molecular complexity index is 3490. The Morgan fingerprint density at radius 1 is 0.375 bits per heavy atom. The molecule has 3 heterocycles. The molecule has 0 unspecified atom stereocenters. The van der Waals surface area contributed by atoms with E-state index in [1.54, 1.807) is 0 Å². The average Bonchev–Trinajstić information content (AvgIpc) is 3.95. The van der Waals surface area contributed by atoms with Crippen LogP contribution in [0.2, 0.25) is 0 Å². The van der Waals surface area contributed by atoms with Gasteiger partial charge >= 0.3 is 0 Å². The van der Waals surface area contributed by atoms with Crippen LogP contribution in [0.15, 0.2) is 197 Å². The van der Waals surface area contributed by atoms with Gasteiger partial charge in [-0.05, 0) is 88.8 Å². The summed E-state index contributed by atoms with van der Waals surface area (Å²) in [6, 6.07) is 67.2. The Morgan fingerprint density at radius 3 is 1.95 bits per heavy atom. The number of thiophene rings is 1. The lowest BCUT2D eigenvalue weighted by atomic mass is 9.98. The monoisotopic (exact) mass is 733 g/mol. The van der Waals surface area contributed by atoms with Gasteiger partial charge in [0.2, 0.25) is 0 Å². The van der Waals surface area contributed by atoms with Crippen LogP contribution in [0.3, 0.4) is 0 Å². The molecule has 12 rings (SSSR count). The highest BCUT2D eigenvalue weighted by atomic mass is 32.1. The summed E-state index contributed by atoms with van der Waals surface area (Å²) in [5.41, 5.74) is 11.6. The molecule has 0 spiro atoms. The van der Waals surface area contributed by atoms with Crippen LogP contribution in [0.4, 0.5) is 17.1 Å². The standard InChI is InChI=1S/C52H31NO2S/c1-2-13-35(14-3-1)53(46-21-8-12-32-11-4-5-15-37(32)46)36-25-27-49-44(31-36)41-19-9-17-38(51(41)55-49)33-24-28-50-45(30-33)42-20-10-18-39(52(42)56-50)34-23-26-48-43(29-34)40-16-6-7-22-47(40)54-48/h1-31H. The lowest BCUT2D eigenvalue weighted by Gasteiger charge is -2.26. The summed E-state index contributed by atoms with van der Waals surface area (Å²) >= 11 is 1.86. The van der Waals surface area contributed by atoms with Crippen molar-refractivity contribution in [3.05, 3.63) is 188 Å². The van der Waals surface area contributed by atoms with Gasteiger partial charge < -0.3 is 13.7 Å². The van der Waals surface area contributed by atoms with E-state index in [1.807, 2.05) is 23.5 Å². The molecule has 0 fully saturated rings. The summed E-state index contributed by atoms with van der Waals surface area (Å²) in [7, 11) is 0. The highest BCUT2D eigenvalue weighted by molar-refractivity contribution is 7.26. The van der Waals surface area contributed by atoms with E-state index < -0.39 is 0 Å². The Hall–Kier alpha value is -7.14. The SMILES string of the molecule is c1ccc(N(c2ccc3oc4c(-c5ccc6sc7c(-c8ccc9oc%10ccccc%10c9c8)cccc7c6c5)cccc4c3c2)c2cccc3ccccc23)cc1. The minimum absolute atomic E-state index is 0.871. The molecule has 0 saturated heterocycles. The van der Waals surface area contributed by atoms with Crippen LogP contribution in [-0.4, -0.2) is 0 Å². The number of anilines is 3. The highest BCUT2D eigenvalue weighted by Crippen LogP contribution is 2.45. The van der Waals surface area contributed by atoms with Crippen molar-refractivity contribution >= 4 is 103 Å². The predicted octanol–water partition coefficient (Wildman–Crippen LogP) is 15.8. The van der Waals surface area contributed by atoms with E-state index in [0.29, 0.717) is 0 Å². The number of fused-ring (bicyclic) bond motifs is 10. The average molecular weight is 734 g/mol. The number of hydrogen-bond acceptors (Lipinski definition) is 4. The van der Waals surface area contributed by atoms with E-state index in [4.69, 9.17) is 8.83 Å². The van der Waals surface area contributed by atoms with Gasteiger partial charge in [0.05, 0.1) is 5.69 Å². The molecule has 0 bridgehead atoms. The fourth-order valence-electron chi connectivity index (χ4n) is 8.65. The molecule has 3 nitrogen and oxygen atoms in total. The predicted molar refractivity (Wildman–Crippen MR) is 237 cm³/mol. The molecule has 12 aromatic rings. The van der Waals surface area contributed by atoms with Crippen LogP contribution in [0, 0.1) is 0 Å². The van der Waals surface area contributed by atoms with Gasteiger partial charge in [-0.3, -0.25) is 0 Å². The van der Waals surface area contributed by atoms with Crippen LogP contribution in [0.5, 0.6) is 0 Å². The minimum Gasteiger partial charge on any atom is -0.456 e. The fourth-order valence-corrected chi connectivity index (χ4v) is 9.87. The molecule has 4 heteroatoms. The number of benzene rings is 9. The number of para-hydroxylation sites is 3. The third-order valence-corrected chi connectivity index (χ3v) is 12.5. The molecular formula is C52H31NO2S. The molecule has 0 aliphatic carbocycles. The van der Waals surface area contributed by atoms with E-state index in [0.717, 1.165) is 72.1 Å². The number of hydrogen-bond donors (Lipinski definition) is 0. The summed E-state index contributed by atoms with van der Waals surface area (Å²) in [6.45, 7) is 0. The van der Waals surface area contributed by atoms with E-state index >= 15 is 0 Å². The van der Waals surface area contributed by atoms with Gasteiger partial charge in [-0.2, -0.15) is 0 Å². The van der Waals surface area contributed by atoms with Crippen molar-refractivity contribution in [2.75, 3.05) is 4.90 Å². The molecule has 0 aliphatic rings. The highest BCUT2D eigenvalue weighted by Gasteiger charge is 2.20. The normalized spacial score (nSPS) is 11.9. The second-order valence-electron chi connectivity index (χ2n) is 14.4. The van der Waals surface area contributed by atoms with Crippen LogP contribution in [0.25, 0.3) is 97.1 Å². The van der Waals surface area contributed by atoms with E-state index in [2.05, 4.69) is 181 Å². The van der Waals surface area contributed by atoms with Gasteiger partial charge in [-0.1, -0.05) is 121 Å². The third kappa shape index (κ3) is 4.76. The second kappa shape index (κ2) is 12.2. The van der Waals surface area contributed by atoms with Gasteiger partial charge in [-0.25, -0.2) is 0 Å². The molecule has 9 aromatic carbocycles. The van der Waals surface area contributed by atoms with Crippen LogP contribution >= 0.6 is 11.3 Å². The molecule has 0 amide bonds. The molecule has 3 aromatic heterocycles. The summed E-state index contributed by atoms with van der Waals surface area (Å²) in [5, 5.41) is 9.41. The molecule has 0 saturated carbocycles. The first-order chi connectivity index (χ1) is 27.7. The fraction of sp³-hybridized carbons (Fsp3) is 0. The Labute approximate surface area is 325 Å². The van der Waals surface area contributed by atoms with Gasteiger partial charge in [0.25, 0.3) is 0 Å². The zero-order valence-electron chi connectivity index (χ0n) is 30.1. The van der Waals surface area contributed by atoms with Crippen LogP contribution in [0.1, 0.15) is 0 Å². The lowest BCUT2D eigenvalue weighted by Crippen LogP contribution is -2.10. The maximum absolute atomic E-state index is 6.75. The van der Waals surface area contributed by atoms with Gasteiger partial charge in [0, 0.05) is 64.0 Å². The first-order valence-electron chi connectivity index (χ1n) is 18.9. The van der Waals surface area contributed by atoms with Crippen molar-refractivity contribution < 1.29 is 8.83 Å². The van der Waals surface area contributed by atoms with Gasteiger partial charge in [0.15, 0.2) is 0 Å². The topological polar surface area (TPSA) is 29.5 Å². The van der Waals surface area contributed by atoms with Crippen molar-refractivity contribution in [2.24, 2.45) is 0 Å². The second-order valence-corrected chi connectivity index (χ2v) is 15.5. The van der Waals surface area contributed by atoms with Crippen LogP contribution < -0.4 is 4.90 Å². The Kier molecular flexibility index (Phi) is 6.80. The zero-order chi connectivity index (χ0) is 36.7. The van der Waals surface area contributed by atoms with Crippen molar-refractivity contribution in [3.63, 3.8) is 0 Å². The maximum atomic E-state index is 6.75. The van der Waals surface area contributed by atoms with E-state index in [1.165, 1.54) is 42.1 Å². The first kappa shape index (κ1) is 31.2. The van der Waals surface area contributed by atoms with Gasteiger partial charge in [0.1, 0.15) is 22.3 Å². The lowest BCUT2D eigenvalue weighted by molar-refractivity contribution is 0.669. The summed E-state index contributed by atoms with van der Waals surface area (Å²) in [6.07, 6.45) is 0. The Balaban J connectivity index is 0.986. The van der Waals surface area contributed by atoms with E-state index in [9.17, 15) is 0 Å².